The Morgan fingerprint density at radius 1 is 1.24 bits per heavy atom. The van der Waals surface area contributed by atoms with Crippen molar-refractivity contribution in [2.75, 3.05) is 0 Å². The van der Waals surface area contributed by atoms with E-state index in [2.05, 4.69) is 0 Å². The molecular weight excluding hydrogens is 270 g/mol. The van der Waals surface area contributed by atoms with Crippen molar-refractivity contribution in [1.29, 1.82) is 0 Å². The summed E-state index contributed by atoms with van der Waals surface area (Å²) in [6.07, 6.45) is 0.0169. The van der Waals surface area contributed by atoms with E-state index in [9.17, 15) is 15.2 Å². The molecule has 0 spiro atoms. The van der Waals surface area contributed by atoms with Gasteiger partial charge in [0.1, 0.15) is 12.4 Å². The zero-order valence-electron chi connectivity index (χ0n) is 11.7. The highest BCUT2D eigenvalue weighted by molar-refractivity contribution is 5.37. The second kappa shape index (κ2) is 6.85. The van der Waals surface area contributed by atoms with Crippen molar-refractivity contribution >= 4 is 5.69 Å². The molecule has 2 aromatic rings. The van der Waals surface area contributed by atoms with Crippen molar-refractivity contribution in [1.82, 2.24) is 0 Å². The molecule has 5 nitrogen and oxygen atoms in total. The zero-order chi connectivity index (χ0) is 15.2. The van der Waals surface area contributed by atoms with Gasteiger partial charge in [-0.25, -0.2) is 0 Å². The lowest BCUT2D eigenvalue weighted by Gasteiger charge is -2.14. The van der Waals surface area contributed by atoms with Crippen LogP contribution in [0.15, 0.2) is 48.5 Å². The molecule has 0 saturated heterocycles. The van der Waals surface area contributed by atoms with Crippen LogP contribution in [0.25, 0.3) is 0 Å². The first-order valence-corrected chi connectivity index (χ1v) is 6.75. The largest absolute Gasteiger partial charge is 0.489 e. The van der Waals surface area contributed by atoms with Crippen LogP contribution in [0.1, 0.15) is 30.6 Å². The summed E-state index contributed by atoms with van der Waals surface area (Å²) in [5.74, 6) is 0.596. The topological polar surface area (TPSA) is 72.6 Å². The number of hydrogen-bond donors (Lipinski definition) is 1. The number of aliphatic hydroxyl groups is 1. The minimum atomic E-state index is -0.577. The van der Waals surface area contributed by atoms with Gasteiger partial charge in [-0.05, 0) is 18.1 Å². The SMILES string of the molecule is CC[C@@H](O)c1ccccc1OCc1cccc([N+](=O)[O-])c1. The Kier molecular flexibility index (Phi) is 4.90. The number of ether oxygens (including phenoxy) is 1. The molecule has 0 unspecified atom stereocenters. The van der Waals surface area contributed by atoms with E-state index in [1.54, 1.807) is 18.2 Å². The minimum Gasteiger partial charge on any atom is -0.489 e. The molecule has 0 aliphatic heterocycles. The predicted molar refractivity (Wildman–Crippen MR) is 79.1 cm³/mol. The molecule has 2 rings (SSSR count). The summed E-state index contributed by atoms with van der Waals surface area (Å²) in [6, 6.07) is 13.6. The molecule has 5 heteroatoms. The molecule has 0 bridgehead atoms. The molecule has 1 N–H and O–H groups in total. The minimum absolute atomic E-state index is 0.0398. The molecule has 0 aliphatic carbocycles. The smallest absolute Gasteiger partial charge is 0.269 e. The highest BCUT2D eigenvalue weighted by atomic mass is 16.6. The Labute approximate surface area is 123 Å². The van der Waals surface area contributed by atoms with E-state index in [4.69, 9.17) is 4.74 Å². The lowest BCUT2D eigenvalue weighted by atomic mass is 10.1. The van der Waals surface area contributed by atoms with E-state index >= 15 is 0 Å². The average molecular weight is 287 g/mol. The normalized spacial score (nSPS) is 11.9. The average Bonchev–Trinajstić information content (AvgIpc) is 2.52. The van der Waals surface area contributed by atoms with Crippen molar-refractivity contribution in [3.8, 4) is 5.75 Å². The third-order valence-electron chi connectivity index (χ3n) is 3.18. The first-order valence-electron chi connectivity index (χ1n) is 6.75. The van der Waals surface area contributed by atoms with Gasteiger partial charge in [0.05, 0.1) is 11.0 Å². The van der Waals surface area contributed by atoms with Gasteiger partial charge in [0.25, 0.3) is 5.69 Å². The van der Waals surface area contributed by atoms with Crippen LogP contribution in [0.5, 0.6) is 5.75 Å². The van der Waals surface area contributed by atoms with Crippen molar-refractivity contribution in [2.45, 2.75) is 26.1 Å². The molecule has 0 heterocycles. The van der Waals surface area contributed by atoms with Crippen LogP contribution < -0.4 is 4.74 Å². The number of hydrogen-bond acceptors (Lipinski definition) is 4. The molecule has 0 radical (unpaired) electrons. The summed E-state index contributed by atoms with van der Waals surface area (Å²) in [7, 11) is 0. The monoisotopic (exact) mass is 287 g/mol. The Morgan fingerprint density at radius 3 is 2.71 bits per heavy atom. The fourth-order valence-corrected chi connectivity index (χ4v) is 2.03. The van der Waals surface area contributed by atoms with E-state index in [1.165, 1.54) is 12.1 Å². The van der Waals surface area contributed by atoms with Crippen LogP contribution in [0.2, 0.25) is 0 Å². The van der Waals surface area contributed by atoms with Crippen LogP contribution in [-0.4, -0.2) is 10.0 Å². The quantitative estimate of drug-likeness (QED) is 0.650. The Morgan fingerprint density at radius 2 is 2.00 bits per heavy atom. The lowest BCUT2D eigenvalue weighted by molar-refractivity contribution is -0.384. The van der Waals surface area contributed by atoms with Gasteiger partial charge in [-0.1, -0.05) is 37.3 Å². The van der Waals surface area contributed by atoms with Gasteiger partial charge in [-0.15, -0.1) is 0 Å². The third-order valence-corrected chi connectivity index (χ3v) is 3.18. The van der Waals surface area contributed by atoms with E-state index in [0.717, 1.165) is 5.56 Å². The van der Waals surface area contributed by atoms with E-state index in [-0.39, 0.29) is 12.3 Å². The molecule has 0 aliphatic rings. The molecule has 0 fully saturated rings. The van der Waals surface area contributed by atoms with Crippen LogP contribution >= 0.6 is 0 Å². The van der Waals surface area contributed by atoms with Crippen molar-refractivity contribution in [3.63, 3.8) is 0 Å². The maximum Gasteiger partial charge on any atom is 0.269 e. The van der Waals surface area contributed by atoms with Crippen LogP contribution in [0.4, 0.5) is 5.69 Å². The maximum absolute atomic E-state index is 10.7. The first kappa shape index (κ1) is 15.0. The van der Waals surface area contributed by atoms with Gasteiger partial charge in [-0.2, -0.15) is 0 Å². The second-order valence-electron chi connectivity index (χ2n) is 4.68. The van der Waals surface area contributed by atoms with Gasteiger partial charge < -0.3 is 9.84 Å². The van der Waals surface area contributed by atoms with Gasteiger partial charge in [0.15, 0.2) is 0 Å². The van der Waals surface area contributed by atoms with E-state index < -0.39 is 11.0 Å². The van der Waals surface area contributed by atoms with Crippen molar-refractivity contribution in [2.24, 2.45) is 0 Å². The molecule has 1 atom stereocenters. The highest BCUT2D eigenvalue weighted by Gasteiger charge is 2.12. The molecule has 0 aromatic heterocycles. The highest BCUT2D eigenvalue weighted by Crippen LogP contribution is 2.27. The van der Waals surface area contributed by atoms with Crippen LogP contribution in [-0.2, 0) is 6.61 Å². The van der Waals surface area contributed by atoms with Crippen molar-refractivity contribution < 1.29 is 14.8 Å². The molecular formula is C16H17NO4. The van der Waals surface area contributed by atoms with Gasteiger partial charge >= 0.3 is 0 Å². The summed E-state index contributed by atoms with van der Waals surface area (Å²) in [5, 5.41) is 20.7. The van der Waals surface area contributed by atoms with E-state index in [0.29, 0.717) is 17.7 Å². The zero-order valence-corrected chi connectivity index (χ0v) is 11.7. The maximum atomic E-state index is 10.7. The number of benzene rings is 2. The van der Waals surface area contributed by atoms with Crippen molar-refractivity contribution in [3.05, 3.63) is 69.8 Å². The fourth-order valence-electron chi connectivity index (χ4n) is 2.03. The molecule has 2 aromatic carbocycles. The molecule has 0 amide bonds. The summed E-state index contributed by atoms with van der Waals surface area (Å²) in [5.41, 5.74) is 1.48. The fraction of sp³-hybridized carbons (Fsp3) is 0.250. The lowest BCUT2D eigenvalue weighted by Crippen LogP contribution is -2.02. The van der Waals surface area contributed by atoms with Gasteiger partial charge in [-0.3, -0.25) is 10.1 Å². The van der Waals surface area contributed by atoms with E-state index in [1.807, 2.05) is 25.1 Å². The number of nitro groups is 1. The standard InChI is InChI=1S/C16H17NO4/c1-2-15(18)14-8-3-4-9-16(14)21-11-12-6-5-7-13(10-12)17(19)20/h3-10,15,18H,2,11H2,1H3/t15-/m1/s1. The Bertz CT molecular complexity index is 627. The number of para-hydroxylation sites is 1. The molecule has 0 saturated carbocycles. The molecule has 21 heavy (non-hydrogen) atoms. The predicted octanol–water partition coefficient (Wildman–Crippen LogP) is 3.62. The summed E-state index contributed by atoms with van der Waals surface area (Å²) < 4.78 is 5.70. The first-order chi connectivity index (χ1) is 10.1. The number of nitrogens with zero attached hydrogens (tertiary/aromatic N) is 1. The Balaban J connectivity index is 2.13. The number of rotatable bonds is 6. The summed E-state index contributed by atoms with van der Waals surface area (Å²) in [6.45, 7) is 2.11. The number of nitro benzene ring substituents is 1. The van der Waals surface area contributed by atoms with Crippen LogP contribution in [0, 0.1) is 10.1 Å². The number of aliphatic hydroxyl groups excluding tert-OH is 1. The van der Waals surface area contributed by atoms with Gasteiger partial charge in [0, 0.05) is 17.7 Å². The number of non-ortho nitro benzene ring substituents is 1. The molecule has 110 valence electrons. The van der Waals surface area contributed by atoms with Gasteiger partial charge in [0.2, 0.25) is 0 Å². The summed E-state index contributed by atoms with van der Waals surface area (Å²) >= 11 is 0. The second-order valence-corrected chi connectivity index (χ2v) is 4.68. The van der Waals surface area contributed by atoms with Crippen LogP contribution in [0.3, 0.4) is 0 Å². The Hall–Kier alpha value is -2.40. The summed E-state index contributed by atoms with van der Waals surface area (Å²) in [4.78, 5) is 10.3. The third kappa shape index (κ3) is 3.79.